The summed E-state index contributed by atoms with van der Waals surface area (Å²) in [5.41, 5.74) is 0.0512. The number of fused-ring (bicyclic) bond motifs is 2. The van der Waals surface area contributed by atoms with Gasteiger partial charge in [-0.05, 0) is 69.7 Å². The molecule has 3 N–H and O–H groups in total. The van der Waals surface area contributed by atoms with Crippen molar-refractivity contribution in [1.82, 2.24) is 30.7 Å². The van der Waals surface area contributed by atoms with Crippen LogP contribution in [0.4, 0.5) is 8.78 Å². The van der Waals surface area contributed by atoms with E-state index in [0.717, 1.165) is 25.0 Å². The second kappa shape index (κ2) is 18.0. The van der Waals surface area contributed by atoms with E-state index in [1.54, 1.807) is 6.08 Å². The third kappa shape index (κ3) is 9.91. The molecular weight excluding hydrogens is 682 g/mol. The molecule has 3 saturated heterocycles. The van der Waals surface area contributed by atoms with Gasteiger partial charge in [0.1, 0.15) is 54.5 Å². The number of unbranched alkanes of at least 4 members (excludes halogenated alkanes) is 2. The molecule has 0 spiro atoms. The van der Waals surface area contributed by atoms with E-state index in [0.29, 0.717) is 25.3 Å². The molecule has 0 unspecified atom stereocenters. The van der Waals surface area contributed by atoms with Gasteiger partial charge in [0, 0.05) is 32.6 Å². The molecule has 1 aromatic carbocycles. The molecule has 0 aliphatic carbocycles. The molecule has 52 heavy (non-hydrogen) atoms. The van der Waals surface area contributed by atoms with E-state index < -0.39 is 95.9 Å². The molecule has 3 aliphatic heterocycles. The highest BCUT2D eigenvalue weighted by Gasteiger charge is 2.43. The molecule has 0 saturated carbocycles. The Hall–Kier alpha value is -4.89. The van der Waals surface area contributed by atoms with Crippen LogP contribution in [0.3, 0.4) is 0 Å². The molecule has 284 valence electrons. The first-order valence-corrected chi connectivity index (χ1v) is 17.8. The predicted octanol–water partition coefficient (Wildman–Crippen LogP) is 1.11. The van der Waals surface area contributed by atoms with Gasteiger partial charge in [0.2, 0.25) is 35.4 Å². The second-order valence-corrected chi connectivity index (χ2v) is 13.5. The number of allylic oxidation sites excluding steroid dienone is 1. The van der Waals surface area contributed by atoms with Gasteiger partial charge >= 0.3 is 5.97 Å². The van der Waals surface area contributed by atoms with Crippen LogP contribution in [0.15, 0.2) is 30.4 Å². The zero-order chi connectivity index (χ0) is 38.1. The van der Waals surface area contributed by atoms with Gasteiger partial charge in [0.25, 0.3) is 0 Å². The lowest BCUT2D eigenvalue weighted by atomic mass is 10.0. The van der Waals surface area contributed by atoms with Gasteiger partial charge in [0.15, 0.2) is 0 Å². The normalized spacial score (nSPS) is 25.5. The van der Waals surface area contributed by atoms with E-state index in [2.05, 4.69) is 16.0 Å². The topological polar surface area (TPSA) is 175 Å². The number of esters is 1. The summed E-state index contributed by atoms with van der Waals surface area (Å²) < 4.78 is 33.8. The molecule has 4 rings (SSSR count). The number of carbonyl (C=O) groups excluding carboxylic acids is 7. The number of halogens is 2. The van der Waals surface area contributed by atoms with E-state index in [4.69, 9.17) is 4.74 Å². The fourth-order valence-electron chi connectivity index (χ4n) is 6.62. The minimum atomic E-state index is -1.56. The first kappa shape index (κ1) is 39.9. The van der Waals surface area contributed by atoms with E-state index in [1.807, 2.05) is 6.92 Å². The van der Waals surface area contributed by atoms with Crippen LogP contribution in [0.1, 0.15) is 71.3 Å². The molecule has 3 fully saturated rings. The lowest BCUT2D eigenvalue weighted by Gasteiger charge is -2.34. The summed E-state index contributed by atoms with van der Waals surface area (Å²) in [5.74, 6) is -6.63. The van der Waals surface area contributed by atoms with Gasteiger partial charge in [-0.2, -0.15) is 0 Å². The fourth-order valence-corrected chi connectivity index (χ4v) is 6.62. The zero-order valence-electron chi connectivity index (χ0n) is 30.0. The van der Waals surface area contributed by atoms with E-state index in [9.17, 15) is 42.3 Å². The molecule has 14 nitrogen and oxygen atoms in total. The molecule has 0 radical (unpaired) electrons. The highest BCUT2D eigenvalue weighted by molar-refractivity contribution is 5.98. The second-order valence-electron chi connectivity index (χ2n) is 13.5. The maximum atomic E-state index is 14.2. The third-order valence-electron chi connectivity index (χ3n) is 9.66. The van der Waals surface area contributed by atoms with Crippen molar-refractivity contribution >= 4 is 41.4 Å². The van der Waals surface area contributed by atoms with Gasteiger partial charge in [-0.3, -0.25) is 28.8 Å². The third-order valence-corrected chi connectivity index (χ3v) is 9.66. The van der Waals surface area contributed by atoms with Crippen LogP contribution < -0.4 is 16.0 Å². The molecule has 16 heteroatoms. The van der Waals surface area contributed by atoms with Gasteiger partial charge in [-0.15, -0.1) is 0 Å². The molecule has 1 aromatic rings. The minimum Gasteiger partial charge on any atom is -0.461 e. The number of rotatable bonds is 9. The Labute approximate surface area is 301 Å². The summed E-state index contributed by atoms with van der Waals surface area (Å²) in [4.78, 5) is 98.3. The van der Waals surface area contributed by atoms with Crippen molar-refractivity contribution in [1.29, 1.82) is 0 Å². The number of nitrogens with zero attached hydrogens (tertiary/aromatic N) is 3. The molecule has 0 aromatic heterocycles. The summed E-state index contributed by atoms with van der Waals surface area (Å²) in [5, 5.41) is 7.71. The van der Waals surface area contributed by atoms with Crippen LogP contribution in [-0.2, 0) is 44.7 Å². The van der Waals surface area contributed by atoms with Crippen LogP contribution in [0.5, 0.6) is 0 Å². The number of nitrogens with one attached hydrogen (secondary N) is 3. The SMILES string of the molecule is CCCC/C=C/C(=O)N[C@@H](Cc1cc(F)cc(F)c1)C(=O)N[C@H]1COC(=O)[C@@H]2CCCN2C(=O)[C@H](C)NC(=O)[C@H](C)N(C)C(=O)[C@H]2CCCN2C1=O. The Balaban J connectivity index is 1.66. The maximum Gasteiger partial charge on any atom is 0.328 e. The first-order chi connectivity index (χ1) is 24.7. The average Bonchev–Trinajstić information content (AvgIpc) is 3.80. The molecule has 3 aliphatic rings. The lowest BCUT2D eigenvalue weighted by Crippen LogP contribution is -2.60. The summed E-state index contributed by atoms with van der Waals surface area (Å²) in [6, 6.07) is -4.36. The first-order valence-electron chi connectivity index (χ1n) is 17.8. The monoisotopic (exact) mass is 730 g/mol. The van der Waals surface area contributed by atoms with Crippen molar-refractivity contribution in [3.63, 3.8) is 0 Å². The number of likely N-dealkylation sites (N-methyl/N-ethyl adjacent to an activating group) is 1. The van der Waals surface area contributed by atoms with Crippen LogP contribution in [0.2, 0.25) is 0 Å². The molecule has 0 bridgehead atoms. The van der Waals surface area contributed by atoms with Crippen LogP contribution >= 0.6 is 0 Å². The number of hydrogen-bond donors (Lipinski definition) is 3. The number of carbonyl (C=O) groups is 7. The lowest BCUT2D eigenvalue weighted by molar-refractivity contribution is -0.158. The number of hydrogen-bond acceptors (Lipinski definition) is 8. The van der Waals surface area contributed by atoms with Crippen LogP contribution in [0, 0.1) is 11.6 Å². The Morgan fingerprint density at radius 2 is 1.60 bits per heavy atom. The Morgan fingerprint density at radius 3 is 2.25 bits per heavy atom. The van der Waals surface area contributed by atoms with Crippen molar-refractivity contribution in [3.05, 3.63) is 47.5 Å². The predicted molar refractivity (Wildman–Crippen MR) is 183 cm³/mol. The summed E-state index contributed by atoms with van der Waals surface area (Å²) in [6.45, 7) is 4.62. The van der Waals surface area contributed by atoms with E-state index in [-0.39, 0.29) is 37.9 Å². The van der Waals surface area contributed by atoms with Gasteiger partial charge < -0.3 is 35.4 Å². The molecule has 6 amide bonds. The van der Waals surface area contributed by atoms with Crippen molar-refractivity contribution < 1.29 is 47.1 Å². The summed E-state index contributed by atoms with van der Waals surface area (Å²) >= 11 is 0. The zero-order valence-corrected chi connectivity index (χ0v) is 30.0. The number of ether oxygens (including phenoxy) is 1. The summed E-state index contributed by atoms with van der Waals surface area (Å²) in [6.07, 6.45) is 6.26. The molecule has 3 heterocycles. The smallest absolute Gasteiger partial charge is 0.328 e. The van der Waals surface area contributed by atoms with E-state index >= 15 is 0 Å². The van der Waals surface area contributed by atoms with Crippen LogP contribution in [0.25, 0.3) is 0 Å². The fraction of sp³-hybridized carbons (Fsp3) is 0.583. The van der Waals surface area contributed by atoms with E-state index in [1.165, 1.54) is 41.7 Å². The van der Waals surface area contributed by atoms with Crippen molar-refractivity contribution in [2.24, 2.45) is 0 Å². The quantitative estimate of drug-likeness (QED) is 0.193. The largest absolute Gasteiger partial charge is 0.461 e. The number of cyclic esters (lactones) is 1. The van der Waals surface area contributed by atoms with Crippen molar-refractivity contribution in [3.8, 4) is 0 Å². The minimum absolute atomic E-state index is 0.0512. The molecular formula is C36H48F2N6O8. The average molecular weight is 731 g/mol. The maximum absolute atomic E-state index is 14.2. The number of benzene rings is 1. The van der Waals surface area contributed by atoms with Crippen molar-refractivity contribution in [2.45, 2.75) is 108 Å². The van der Waals surface area contributed by atoms with Crippen LogP contribution in [-0.4, -0.2) is 119 Å². The highest BCUT2D eigenvalue weighted by Crippen LogP contribution is 2.23. The highest BCUT2D eigenvalue weighted by atomic mass is 19.1. The Bertz CT molecular complexity index is 1550. The molecule has 6 atom stereocenters. The van der Waals surface area contributed by atoms with Gasteiger partial charge in [0.05, 0.1) is 0 Å². The van der Waals surface area contributed by atoms with Crippen molar-refractivity contribution in [2.75, 3.05) is 26.7 Å². The standard InChI is InChI=1S/C36H48F2N6O8/c1-5-6-7-8-13-30(45)40-26(18-23-16-24(37)19-25(38)17-23)32(47)41-27-20-52-36(51)29-12-10-15-44(29)33(48)21(2)39-31(46)22(3)42(4)35(50)28-11-9-14-43(28)34(27)49/h8,13,16-17,19,21-22,26-29H,5-7,9-12,14-15,18,20H2,1-4H3,(H,39,46)(H,40,45)(H,41,47)/b13-8+/t21-,22-,26-,27-,28+,29-/m0/s1. The summed E-state index contributed by atoms with van der Waals surface area (Å²) in [7, 11) is 1.42. The Kier molecular flexibility index (Phi) is 13.8. The van der Waals surface area contributed by atoms with Gasteiger partial charge in [-0.1, -0.05) is 25.8 Å². The Morgan fingerprint density at radius 1 is 0.962 bits per heavy atom. The van der Waals surface area contributed by atoms with Gasteiger partial charge in [-0.25, -0.2) is 13.6 Å². The number of amides is 6.